The molecule has 1 rings (SSSR count). The van der Waals surface area contributed by atoms with Crippen molar-refractivity contribution in [2.45, 2.75) is 39.3 Å². The van der Waals surface area contributed by atoms with Gasteiger partial charge in [-0.25, -0.2) is 9.78 Å². The molecule has 1 aromatic heterocycles. The fourth-order valence-electron chi connectivity index (χ4n) is 1.84. The van der Waals surface area contributed by atoms with Crippen molar-refractivity contribution in [3.8, 4) is 5.88 Å². The number of nitrogens with one attached hydrogen (secondary N) is 3. The van der Waals surface area contributed by atoms with E-state index in [-0.39, 0.29) is 24.0 Å². The van der Waals surface area contributed by atoms with Gasteiger partial charge in [0.1, 0.15) is 5.60 Å². The highest BCUT2D eigenvalue weighted by atomic mass is 127. The molecule has 0 aliphatic heterocycles. The standard InChI is InChI=1S/C17H29N5O3.HI/c1-17(2,3)25-16(23)20-10-6-9-19-15(18-4)22-12-13-7-8-14(24-5)21-11-13;/h7-8,11H,6,9-10,12H2,1-5H3,(H,20,23)(H2,18,19,22);1H. The number of aliphatic imine (C=N–C) groups is 1. The van der Waals surface area contributed by atoms with Gasteiger partial charge in [0.05, 0.1) is 7.11 Å². The van der Waals surface area contributed by atoms with Crippen molar-refractivity contribution in [1.29, 1.82) is 0 Å². The molecule has 1 heterocycles. The molecule has 148 valence electrons. The van der Waals surface area contributed by atoms with Crippen LogP contribution in [0.4, 0.5) is 4.79 Å². The van der Waals surface area contributed by atoms with Crippen LogP contribution in [0.2, 0.25) is 0 Å². The average molecular weight is 479 g/mol. The van der Waals surface area contributed by atoms with Crippen molar-refractivity contribution in [1.82, 2.24) is 20.9 Å². The summed E-state index contributed by atoms with van der Waals surface area (Å²) in [6, 6.07) is 3.76. The number of alkyl carbamates (subject to hydrolysis) is 1. The van der Waals surface area contributed by atoms with Crippen molar-refractivity contribution in [3.63, 3.8) is 0 Å². The Labute approximate surface area is 172 Å². The summed E-state index contributed by atoms with van der Waals surface area (Å²) >= 11 is 0. The van der Waals surface area contributed by atoms with E-state index >= 15 is 0 Å². The molecule has 1 aromatic rings. The van der Waals surface area contributed by atoms with Gasteiger partial charge in [-0.15, -0.1) is 24.0 Å². The normalized spacial score (nSPS) is 11.2. The Hall–Kier alpha value is -1.78. The number of aromatic nitrogens is 1. The van der Waals surface area contributed by atoms with Crippen LogP contribution in [0.3, 0.4) is 0 Å². The first-order valence-electron chi connectivity index (χ1n) is 8.24. The molecule has 0 spiro atoms. The van der Waals surface area contributed by atoms with Crippen molar-refractivity contribution in [2.75, 3.05) is 27.2 Å². The van der Waals surface area contributed by atoms with Gasteiger partial charge in [0, 0.05) is 38.9 Å². The van der Waals surface area contributed by atoms with Gasteiger partial charge in [0.25, 0.3) is 0 Å². The van der Waals surface area contributed by atoms with Gasteiger partial charge in [-0.3, -0.25) is 4.99 Å². The number of rotatable bonds is 7. The highest BCUT2D eigenvalue weighted by Gasteiger charge is 2.15. The lowest BCUT2D eigenvalue weighted by Gasteiger charge is -2.19. The van der Waals surface area contributed by atoms with Crippen molar-refractivity contribution >= 4 is 36.0 Å². The number of amides is 1. The number of hydrogen-bond donors (Lipinski definition) is 3. The zero-order valence-electron chi connectivity index (χ0n) is 16.1. The molecule has 0 unspecified atom stereocenters. The van der Waals surface area contributed by atoms with E-state index in [1.165, 1.54) is 0 Å². The molecule has 26 heavy (non-hydrogen) atoms. The molecule has 9 heteroatoms. The second kappa shape index (κ2) is 12.6. The third kappa shape index (κ3) is 11.0. The zero-order valence-corrected chi connectivity index (χ0v) is 18.4. The van der Waals surface area contributed by atoms with E-state index in [1.54, 1.807) is 20.4 Å². The topological polar surface area (TPSA) is 96.9 Å². The molecule has 0 atom stereocenters. The number of nitrogens with zero attached hydrogens (tertiary/aromatic N) is 2. The molecule has 0 saturated carbocycles. The summed E-state index contributed by atoms with van der Waals surface area (Å²) in [7, 11) is 3.30. The van der Waals surface area contributed by atoms with E-state index in [4.69, 9.17) is 9.47 Å². The molecule has 1 amide bonds. The third-order valence-corrected chi connectivity index (χ3v) is 3.00. The van der Waals surface area contributed by atoms with Gasteiger partial charge in [0.2, 0.25) is 5.88 Å². The summed E-state index contributed by atoms with van der Waals surface area (Å²) in [5.41, 5.74) is 0.542. The molecule has 0 bridgehead atoms. The predicted molar refractivity (Wildman–Crippen MR) is 113 cm³/mol. The van der Waals surface area contributed by atoms with Crippen LogP contribution >= 0.6 is 24.0 Å². The molecule has 0 aliphatic rings. The number of ether oxygens (including phenoxy) is 2. The summed E-state index contributed by atoms with van der Waals surface area (Å²) in [5, 5.41) is 9.10. The Morgan fingerprint density at radius 2 is 1.88 bits per heavy atom. The number of hydrogen-bond acceptors (Lipinski definition) is 5. The van der Waals surface area contributed by atoms with Gasteiger partial charge in [-0.2, -0.15) is 0 Å². The lowest BCUT2D eigenvalue weighted by atomic mass is 10.2. The monoisotopic (exact) mass is 479 g/mol. The summed E-state index contributed by atoms with van der Waals surface area (Å²) in [5.74, 6) is 1.27. The van der Waals surface area contributed by atoms with Gasteiger partial charge in [-0.1, -0.05) is 6.07 Å². The van der Waals surface area contributed by atoms with Crippen LogP contribution in [0.25, 0.3) is 0 Å². The minimum absolute atomic E-state index is 0. The lowest BCUT2D eigenvalue weighted by molar-refractivity contribution is 0.0527. The maximum absolute atomic E-state index is 11.5. The second-order valence-corrected chi connectivity index (χ2v) is 6.34. The second-order valence-electron chi connectivity index (χ2n) is 6.34. The molecular weight excluding hydrogens is 449 g/mol. The van der Waals surface area contributed by atoms with Crippen LogP contribution in [-0.4, -0.2) is 49.9 Å². The van der Waals surface area contributed by atoms with Crippen LogP contribution in [-0.2, 0) is 11.3 Å². The lowest BCUT2D eigenvalue weighted by Crippen LogP contribution is -2.39. The van der Waals surface area contributed by atoms with E-state index in [2.05, 4.69) is 25.9 Å². The summed E-state index contributed by atoms with van der Waals surface area (Å²) < 4.78 is 10.2. The first-order valence-corrected chi connectivity index (χ1v) is 8.24. The highest BCUT2D eigenvalue weighted by Crippen LogP contribution is 2.06. The zero-order chi connectivity index (χ0) is 18.7. The third-order valence-electron chi connectivity index (χ3n) is 3.00. The minimum Gasteiger partial charge on any atom is -0.481 e. The van der Waals surface area contributed by atoms with E-state index in [9.17, 15) is 4.79 Å². The number of pyridine rings is 1. The Balaban J connectivity index is 0.00000625. The van der Waals surface area contributed by atoms with Crippen LogP contribution in [0, 0.1) is 0 Å². The number of carbonyl (C=O) groups excluding carboxylic acids is 1. The van der Waals surface area contributed by atoms with Crippen LogP contribution in [0.1, 0.15) is 32.8 Å². The van der Waals surface area contributed by atoms with Gasteiger partial charge >= 0.3 is 6.09 Å². The largest absolute Gasteiger partial charge is 0.481 e. The fourth-order valence-corrected chi connectivity index (χ4v) is 1.84. The Morgan fingerprint density at radius 1 is 1.19 bits per heavy atom. The summed E-state index contributed by atoms with van der Waals surface area (Å²) in [4.78, 5) is 19.8. The summed E-state index contributed by atoms with van der Waals surface area (Å²) in [6.45, 7) is 7.32. The number of halogens is 1. The minimum atomic E-state index is -0.482. The average Bonchev–Trinajstić information content (AvgIpc) is 2.56. The van der Waals surface area contributed by atoms with Crippen molar-refractivity contribution < 1.29 is 14.3 Å². The molecule has 0 aliphatic carbocycles. The fraction of sp³-hybridized carbons (Fsp3) is 0.588. The predicted octanol–water partition coefficient (Wildman–Crippen LogP) is 2.29. The molecular formula is C17H30IN5O3. The van der Waals surface area contributed by atoms with Gasteiger partial charge in [0.15, 0.2) is 5.96 Å². The van der Waals surface area contributed by atoms with Crippen LogP contribution in [0.15, 0.2) is 23.3 Å². The first kappa shape index (κ1) is 24.2. The van der Waals surface area contributed by atoms with E-state index in [1.807, 2.05) is 32.9 Å². The van der Waals surface area contributed by atoms with Crippen LogP contribution < -0.4 is 20.7 Å². The maximum atomic E-state index is 11.5. The number of methoxy groups -OCH3 is 1. The van der Waals surface area contributed by atoms with Gasteiger partial charge in [-0.05, 0) is 32.8 Å². The molecule has 0 saturated heterocycles. The quantitative estimate of drug-likeness (QED) is 0.240. The summed E-state index contributed by atoms with van der Waals surface area (Å²) in [6.07, 6.45) is 2.11. The molecule has 0 radical (unpaired) electrons. The smallest absolute Gasteiger partial charge is 0.407 e. The maximum Gasteiger partial charge on any atom is 0.407 e. The van der Waals surface area contributed by atoms with E-state index in [0.717, 1.165) is 12.0 Å². The molecule has 8 nitrogen and oxygen atoms in total. The number of guanidine groups is 1. The Kier molecular flexibility index (Phi) is 11.7. The molecule has 0 aromatic carbocycles. The van der Waals surface area contributed by atoms with Crippen LogP contribution in [0.5, 0.6) is 5.88 Å². The number of carbonyl (C=O) groups is 1. The Morgan fingerprint density at radius 3 is 2.42 bits per heavy atom. The molecule has 3 N–H and O–H groups in total. The van der Waals surface area contributed by atoms with Crippen molar-refractivity contribution in [3.05, 3.63) is 23.9 Å². The van der Waals surface area contributed by atoms with Crippen molar-refractivity contribution in [2.24, 2.45) is 4.99 Å². The SMILES string of the molecule is CN=C(NCCCNC(=O)OC(C)(C)C)NCc1ccc(OC)nc1.I. The molecule has 0 fully saturated rings. The Bertz CT molecular complexity index is 559. The first-order chi connectivity index (χ1) is 11.8. The highest BCUT2D eigenvalue weighted by molar-refractivity contribution is 14.0. The van der Waals surface area contributed by atoms with Gasteiger partial charge < -0.3 is 25.4 Å². The van der Waals surface area contributed by atoms with E-state index < -0.39 is 11.7 Å². The van der Waals surface area contributed by atoms with E-state index in [0.29, 0.717) is 31.5 Å².